The van der Waals surface area contributed by atoms with Crippen LogP contribution in [0.15, 0.2) is 54.6 Å². The Morgan fingerprint density at radius 3 is 2.40 bits per heavy atom. The van der Waals surface area contributed by atoms with Gasteiger partial charge in [-0.1, -0.05) is 24.3 Å². The number of nitrogens with one attached hydrogen (secondary N) is 1. The van der Waals surface area contributed by atoms with Gasteiger partial charge in [-0.3, -0.25) is 4.79 Å². The molecule has 1 N–H and O–H groups in total. The largest absolute Gasteiger partial charge is 0.444 e. The molecule has 1 aliphatic heterocycles. The van der Waals surface area contributed by atoms with Gasteiger partial charge in [0.1, 0.15) is 23.3 Å². The maximum atomic E-state index is 15.4. The Morgan fingerprint density at radius 1 is 1.02 bits per heavy atom. The van der Waals surface area contributed by atoms with Gasteiger partial charge in [0.15, 0.2) is 0 Å². The van der Waals surface area contributed by atoms with Crippen molar-refractivity contribution in [3.05, 3.63) is 82.9 Å². The summed E-state index contributed by atoms with van der Waals surface area (Å²) in [6.07, 6.45) is 0.528. The summed E-state index contributed by atoms with van der Waals surface area (Å²) in [6.45, 7) is 8.33. The van der Waals surface area contributed by atoms with Crippen molar-refractivity contribution in [1.29, 1.82) is 5.26 Å². The first kappa shape index (κ1) is 30.7. The first-order valence-corrected chi connectivity index (χ1v) is 13.7. The molecule has 1 aliphatic rings. The van der Waals surface area contributed by atoms with Crippen molar-refractivity contribution in [3.8, 4) is 28.3 Å². The molecule has 1 fully saturated rings. The lowest BCUT2D eigenvalue weighted by molar-refractivity contribution is 0.0461. The highest BCUT2D eigenvalue weighted by molar-refractivity contribution is 5.98. The zero-order valence-corrected chi connectivity index (χ0v) is 24.5. The molecule has 42 heavy (non-hydrogen) atoms. The Morgan fingerprint density at radius 2 is 1.76 bits per heavy atom. The van der Waals surface area contributed by atoms with Crippen LogP contribution < -0.4 is 5.32 Å². The van der Waals surface area contributed by atoms with Crippen molar-refractivity contribution in [2.24, 2.45) is 0 Å². The number of rotatable bonds is 7. The minimum atomic E-state index is -0.711. The fraction of sp³-hybridized carbons (Fsp3) is 0.364. The number of alkyl carbamates (subject to hydrolysis) is 1. The van der Waals surface area contributed by atoms with E-state index in [-0.39, 0.29) is 18.0 Å². The summed E-state index contributed by atoms with van der Waals surface area (Å²) in [6, 6.07) is 15.8. The van der Waals surface area contributed by atoms with Gasteiger partial charge in [0.25, 0.3) is 5.91 Å². The molecule has 220 valence electrons. The molecular formula is C33H35F2N3O4. The van der Waals surface area contributed by atoms with Crippen LogP contribution in [-0.4, -0.2) is 54.8 Å². The van der Waals surface area contributed by atoms with Crippen LogP contribution >= 0.6 is 0 Å². The van der Waals surface area contributed by atoms with E-state index in [9.17, 15) is 19.2 Å². The number of likely N-dealkylation sites (tertiary alicyclic amines) is 1. The van der Waals surface area contributed by atoms with Crippen molar-refractivity contribution in [2.75, 3.05) is 26.8 Å². The SMILES string of the molecule is COCCc1ccc(-c2ccc(C(=O)N3CC[C@](C)(NC(=O)OC(C)(C)C)C3)cc2-c2ccc(C#N)c(F)c2)c(F)c1. The number of amides is 2. The van der Waals surface area contributed by atoms with Crippen LogP contribution in [0.5, 0.6) is 0 Å². The lowest BCUT2D eigenvalue weighted by Crippen LogP contribution is -2.50. The number of carbonyl (C=O) groups excluding carboxylic acids is 2. The van der Waals surface area contributed by atoms with Crippen molar-refractivity contribution in [3.63, 3.8) is 0 Å². The molecule has 0 unspecified atom stereocenters. The highest BCUT2D eigenvalue weighted by Crippen LogP contribution is 2.36. The van der Waals surface area contributed by atoms with Gasteiger partial charge < -0.3 is 19.7 Å². The van der Waals surface area contributed by atoms with Crippen LogP contribution in [0.4, 0.5) is 13.6 Å². The Bertz CT molecular complexity index is 1540. The Hall–Kier alpha value is -4.29. The van der Waals surface area contributed by atoms with Crippen molar-refractivity contribution >= 4 is 12.0 Å². The molecule has 9 heteroatoms. The number of hydrogen-bond acceptors (Lipinski definition) is 5. The van der Waals surface area contributed by atoms with E-state index in [1.807, 2.05) is 19.1 Å². The quantitative estimate of drug-likeness (QED) is 0.348. The van der Waals surface area contributed by atoms with Crippen LogP contribution in [-0.2, 0) is 15.9 Å². The van der Waals surface area contributed by atoms with Gasteiger partial charge in [-0.2, -0.15) is 5.26 Å². The topological polar surface area (TPSA) is 91.7 Å². The predicted molar refractivity (Wildman–Crippen MR) is 156 cm³/mol. The summed E-state index contributed by atoms with van der Waals surface area (Å²) in [5, 5.41) is 12.1. The van der Waals surface area contributed by atoms with E-state index < -0.39 is 28.9 Å². The third-order valence-corrected chi connectivity index (χ3v) is 7.15. The molecule has 0 saturated carbocycles. The fourth-order valence-corrected chi connectivity index (χ4v) is 5.05. The van der Waals surface area contributed by atoms with Crippen LogP contribution in [0.1, 0.15) is 55.6 Å². The Kier molecular flexibility index (Phi) is 8.97. The number of hydrogen-bond donors (Lipinski definition) is 1. The van der Waals surface area contributed by atoms with Crippen molar-refractivity contribution < 1.29 is 27.8 Å². The molecule has 1 saturated heterocycles. The van der Waals surface area contributed by atoms with Gasteiger partial charge in [0.05, 0.1) is 17.7 Å². The number of nitriles is 1. The Balaban J connectivity index is 1.68. The second-order valence-corrected chi connectivity index (χ2v) is 11.8. The van der Waals surface area contributed by atoms with Gasteiger partial charge in [-0.05, 0) is 93.1 Å². The minimum absolute atomic E-state index is 0.116. The molecule has 0 spiro atoms. The number of benzene rings is 3. The van der Waals surface area contributed by atoms with E-state index in [1.54, 1.807) is 63.1 Å². The van der Waals surface area contributed by atoms with Crippen LogP contribution in [0.25, 0.3) is 22.3 Å². The normalized spacial score (nSPS) is 16.7. The molecule has 0 radical (unpaired) electrons. The fourth-order valence-electron chi connectivity index (χ4n) is 5.05. The molecule has 0 bridgehead atoms. The van der Waals surface area contributed by atoms with Gasteiger partial charge in [-0.15, -0.1) is 0 Å². The van der Waals surface area contributed by atoms with Crippen molar-refractivity contribution in [2.45, 2.75) is 51.7 Å². The average molecular weight is 576 g/mol. The summed E-state index contributed by atoms with van der Waals surface area (Å²) < 4.78 is 40.5. The lowest BCUT2D eigenvalue weighted by Gasteiger charge is -2.28. The number of halogens is 2. The van der Waals surface area contributed by atoms with Crippen LogP contribution in [0, 0.1) is 23.0 Å². The van der Waals surface area contributed by atoms with E-state index in [4.69, 9.17) is 9.47 Å². The maximum absolute atomic E-state index is 15.4. The standard InChI is InChI=1S/C33H35F2N3O4/c1-32(2,3)42-31(40)37-33(4)13-14-38(20-33)30(39)23-9-11-25(26-10-6-21(12-15-41-5)16-29(26)35)27(17-23)22-7-8-24(19-36)28(34)18-22/h6-11,16-18H,12-15,20H2,1-5H3,(H,37,40)/t33-/m0/s1. The number of ether oxygens (including phenoxy) is 2. The molecular weight excluding hydrogens is 540 g/mol. The van der Waals surface area contributed by atoms with E-state index >= 15 is 4.39 Å². The summed E-state index contributed by atoms with van der Waals surface area (Å²) in [7, 11) is 1.58. The molecule has 7 nitrogen and oxygen atoms in total. The molecule has 2 amide bonds. The van der Waals surface area contributed by atoms with E-state index in [0.717, 1.165) is 5.56 Å². The third kappa shape index (κ3) is 7.12. The van der Waals surface area contributed by atoms with Crippen molar-refractivity contribution in [1.82, 2.24) is 10.2 Å². The Labute approximate surface area is 245 Å². The monoisotopic (exact) mass is 575 g/mol. The highest BCUT2D eigenvalue weighted by Gasteiger charge is 2.38. The van der Waals surface area contributed by atoms with Gasteiger partial charge in [-0.25, -0.2) is 13.6 Å². The zero-order valence-electron chi connectivity index (χ0n) is 24.5. The first-order valence-electron chi connectivity index (χ1n) is 13.7. The second kappa shape index (κ2) is 12.3. The maximum Gasteiger partial charge on any atom is 0.408 e. The first-order chi connectivity index (χ1) is 19.8. The third-order valence-electron chi connectivity index (χ3n) is 7.15. The zero-order chi connectivity index (χ0) is 30.7. The van der Waals surface area contributed by atoms with Gasteiger partial charge >= 0.3 is 6.09 Å². The smallest absolute Gasteiger partial charge is 0.408 e. The van der Waals surface area contributed by atoms with Gasteiger partial charge in [0.2, 0.25) is 0 Å². The molecule has 3 aromatic carbocycles. The minimum Gasteiger partial charge on any atom is -0.444 e. The molecule has 0 aromatic heterocycles. The second-order valence-electron chi connectivity index (χ2n) is 11.8. The number of carbonyl (C=O) groups is 2. The summed E-state index contributed by atoms with van der Waals surface area (Å²) in [5.41, 5.74) is 1.28. The van der Waals surface area contributed by atoms with Gasteiger partial charge in [0, 0.05) is 31.3 Å². The number of nitrogens with zero attached hydrogens (tertiary/aromatic N) is 2. The number of methoxy groups -OCH3 is 1. The molecule has 0 aliphatic carbocycles. The summed E-state index contributed by atoms with van der Waals surface area (Å²) in [5.74, 6) is -1.44. The summed E-state index contributed by atoms with van der Waals surface area (Å²) in [4.78, 5) is 27.7. The van der Waals surface area contributed by atoms with Crippen LogP contribution in [0.3, 0.4) is 0 Å². The molecule has 1 atom stereocenters. The predicted octanol–water partition coefficient (Wildman–Crippen LogP) is 6.49. The molecule has 3 aromatic rings. The molecule has 1 heterocycles. The van der Waals surface area contributed by atoms with E-state index in [2.05, 4.69) is 5.32 Å². The molecule has 4 rings (SSSR count). The van der Waals surface area contributed by atoms with E-state index in [1.165, 1.54) is 18.2 Å². The average Bonchev–Trinajstić information content (AvgIpc) is 3.31. The van der Waals surface area contributed by atoms with Crippen LogP contribution in [0.2, 0.25) is 0 Å². The summed E-state index contributed by atoms with van der Waals surface area (Å²) >= 11 is 0. The van der Waals surface area contributed by atoms with E-state index in [0.29, 0.717) is 53.8 Å². The lowest BCUT2D eigenvalue weighted by atomic mass is 9.91. The highest BCUT2D eigenvalue weighted by atomic mass is 19.1.